The smallest absolute Gasteiger partial charge is 0.261 e. The van der Waals surface area contributed by atoms with Crippen molar-refractivity contribution in [2.24, 2.45) is 0 Å². The molecule has 0 spiro atoms. The molecule has 4 heteroatoms. The molecule has 2 aromatic carbocycles. The molecule has 116 valence electrons. The van der Waals surface area contributed by atoms with E-state index in [0.29, 0.717) is 11.1 Å². The Morgan fingerprint density at radius 2 is 1.52 bits per heavy atom. The van der Waals surface area contributed by atoms with Crippen LogP contribution < -0.4 is 0 Å². The molecule has 0 bridgehead atoms. The van der Waals surface area contributed by atoms with Gasteiger partial charge in [0, 0.05) is 6.54 Å². The number of benzene rings is 2. The van der Waals surface area contributed by atoms with Crippen LogP contribution >= 0.6 is 0 Å². The zero-order valence-electron chi connectivity index (χ0n) is 12.9. The monoisotopic (exact) mass is 307 g/mol. The van der Waals surface area contributed by atoms with E-state index in [4.69, 9.17) is 0 Å². The quantitative estimate of drug-likeness (QED) is 0.630. The first-order chi connectivity index (χ1) is 11.2. The van der Waals surface area contributed by atoms with E-state index in [1.807, 2.05) is 24.3 Å². The van der Waals surface area contributed by atoms with Gasteiger partial charge in [0.05, 0.1) is 17.0 Å². The van der Waals surface area contributed by atoms with Gasteiger partial charge in [0.15, 0.2) is 0 Å². The van der Waals surface area contributed by atoms with Crippen LogP contribution in [0, 0.1) is 0 Å². The minimum atomic E-state index is -0.511. The van der Waals surface area contributed by atoms with Gasteiger partial charge in [0.25, 0.3) is 11.8 Å². The van der Waals surface area contributed by atoms with Crippen molar-refractivity contribution >= 4 is 18.1 Å². The Balaban J connectivity index is 1.84. The number of fused-ring (bicyclic) bond motifs is 1. The number of nitrogens with zero attached hydrogens (tertiary/aromatic N) is 1. The highest BCUT2D eigenvalue weighted by Gasteiger charge is 2.36. The van der Waals surface area contributed by atoms with Gasteiger partial charge in [0.1, 0.15) is 6.29 Å². The van der Waals surface area contributed by atoms with E-state index in [-0.39, 0.29) is 18.4 Å². The SMILES string of the molecule is CCc1ccc(C(C=O)CN2C(=O)c3ccccc3C2=O)cc1. The van der Waals surface area contributed by atoms with Crippen LogP contribution in [0.15, 0.2) is 48.5 Å². The molecule has 2 aromatic rings. The normalized spacial score (nSPS) is 14.7. The molecule has 0 aliphatic carbocycles. The van der Waals surface area contributed by atoms with Crippen molar-refractivity contribution in [1.29, 1.82) is 0 Å². The van der Waals surface area contributed by atoms with Crippen molar-refractivity contribution in [3.63, 3.8) is 0 Å². The van der Waals surface area contributed by atoms with Crippen LogP contribution in [0.4, 0.5) is 0 Å². The van der Waals surface area contributed by atoms with Gasteiger partial charge in [-0.25, -0.2) is 0 Å². The van der Waals surface area contributed by atoms with Gasteiger partial charge in [-0.05, 0) is 29.7 Å². The van der Waals surface area contributed by atoms with E-state index in [1.165, 1.54) is 5.56 Å². The zero-order valence-corrected chi connectivity index (χ0v) is 12.9. The molecule has 1 atom stereocenters. The third-order valence-corrected chi connectivity index (χ3v) is 4.24. The molecule has 0 radical (unpaired) electrons. The van der Waals surface area contributed by atoms with E-state index >= 15 is 0 Å². The molecule has 3 rings (SSSR count). The minimum absolute atomic E-state index is 0.0708. The predicted octanol–water partition coefficient (Wildman–Crippen LogP) is 2.83. The number of carbonyl (C=O) groups is 3. The van der Waals surface area contributed by atoms with Crippen molar-refractivity contribution < 1.29 is 14.4 Å². The lowest BCUT2D eigenvalue weighted by Crippen LogP contribution is -2.34. The summed E-state index contributed by atoms with van der Waals surface area (Å²) < 4.78 is 0. The molecule has 0 fully saturated rings. The molecule has 0 saturated carbocycles. The highest BCUT2D eigenvalue weighted by atomic mass is 16.2. The maximum absolute atomic E-state index is 12.4. The second kappa shape index (κ2) is 6.16. The lowest BCUT2D eigenvalue weighted by molar-refractivity contribution is -0.109. The topological polar surface area (TPSA) is 54.5 Å². The Hall–Kier alpha value is -2.75. The Morgan fingerprint density at radius 3 is 2.00 bits per heavy atom. The van der Waals surface area contributed by atoms with Gasteiger partial charge in [0.2, 0.25) is 0 Å². The first-order valence-electron chi connectivity index (χ1n) is 7.65. The molecule has 2 amide bonds. The largest absolute Gasteiger partial charge is 0.303 e. The molecular formula is C19H17NO3. The van der Waals surface area contributed by atoms with E-state index in [1.54, 1.807) is 24.3 Å². The summed E-state index contributed by atoms with van der Waals surface area (Å²) in [5.74, 6) is -1.17. The summed E-state index contributed by atoms with van der Waals surface area (Å²) in [6.45, 7) is 2.13. The third-order valence-electron chi connectivity index (χ3n) is 4.24. The van der Waals surface area contributed by atoms with Gasteiger partial charge in [-0.1, -0.05) is 43.3 Å². The van der Waals surface area contributed by atoms with E-state index in [2.05, 4.69) is 6.92 Å². The van der Waals surface area contributed by atoms with Crippen molar-refractivity contribution in [3.8, 4) is 0 Å². The molecule has 1 aliphatic heterocycles. The van der Waals surface area contributed by atoms with Crippen LogP contribution in [0.3, 0.4) is 0 Å². The second-order valence-electron chi connectivity index (χ2n) is 5.60. The first kappa shape index (κ1) is 15.2. The first-order valence-corrected chi connectivity index (χ1v) is 7.65. The van der Waals surface area contributed by atoms with Crippen molar-refractivity contribution in [1.82, 2.24) is 4.90 Å². The molecule has 0 saturated heterocycles. The summed E-state index contributed by atoms with van der Waals surface area (Å²) in [5, 5.41) is 0. The fourth-order valence-electron chi connectivity index (χ4n) is 2.83. The molecular weight excluding hydrogens is 290 g/mol. The molecule has 0 N–H and O–H groups in total. The molecule has 1 unspecified atom stereocenters. The van der Waals surface area contributed by atoms with Gasteiger partial charge >= 0.3 is 0 Å². The van der Waals surface area contributed by atoms with Crippen LogP contribution in [0.5, 0.6) is 0 Å². The maximum Gasteiger partial charge on any atom is 0.261 e. The van der Waals surface area contributed by atoms with Crippen molar-refractivity contribution in [2.45, 2.75) is 19.3 Å². The summed E-state index contributed by atoms with van der Waals surface area (Å²) in [5.41, 5.74) is 2.81. The predicted molar refractivity (Wildman–Crippen MR) is 86.4 cm³/mol. The van der Waals surface area contributed by atoms with Gasteiger partial charge in [-0.15, -0.1) is 0 Å². The fourth-order valence-corrected chi connectivity index (χ4v) is 2.83. The number of hydrogen-bond acceptors (Lipinski definition) is 3. The zero-order chi connectivity index (χ0) is 16.4. The third kappa shape index (κ3) is 2.68. The number of hydrogen-bond donors (Lipinski definition) is 0. The van der Waals surface area contributed by atoms with Crippen LogP contribution in [0.25, 0.3) is 0 Å². The van der Waals surface area contributed by atoms with Gasteiger partial charge in [-0.3, -0.25) is 14.5 Å². The standard InChI is InChI=1S/C19H17NO3/c1-2-13-7-9-14(10-8-13)15(12-21)11-20-18(22)16-5-3-4-6-17(16)19(20)23/h3-10,12,15H,2,11H2,1H3. The lowest BCUT2D eigenvalue weighted by atomic mass is 9.98. The summed E-state index contributed by atoms with van der Waals surface area (Å²) >= 11 is 0. The summed E-state index contributed by atoms with van der Waals surface area (Å²) in [4.78, 5) is 37.4. The fraction of sp³-hybridized carbons (Fsp3) is 0.211. The highest BCUT2D eigenvalue weighted by Crippen LogP contribution is 2.25. The van der Waals surface area contributed by atoms with E-state index < -0.39 is 5.92 Å². The van der Waals surface area contributed by atoms with Gasteiger partial charge < -0.3 is 4.79 Å². The molecule has 23 heavy (non-hydrogen) atoms. The number of aldehydes is 1. The lowest BCUT2D eigenvalue weighted by Gasteiger charge is -2.19. The van der Waals surface area contributed by atoms with Crippen LogP contribution in [0.1, 0.15) is 44.7 Å². The Morgan fingerprint density at radius 1 is 0.957 bits per heavy atom. The Bertz CT molecular complexity index is 729. The Kier molecular flexibility index (Phi) is 4.06. The summed E-state index contributed by atoms with van der Waals surface area (Å²) in [7, 11) is 0. The number of imide groups is 1. The Labute approximate surface area is 134 Å². The highest BCUT2D eigenvalue weighted by molar-refractivity contribution is 6.21. The number of amides is 2. The van der Waals surface area contributed by atoms with Crippen LogP contribution in [-0.2, 0) is 11.2 Å². The molecule has 0 aromatic heterocycles. The number of carbonyl (C=O) groups excluding carboxylic acids is 3. The van der Waals surface area contributed by atoms with Gasteiger partial charge in [-0.2, -0.15) is 0 Å². The minimum Gasteiger partial charge on any atom is -0.303 e. The average Bonchev–Trinajstić information content (AvgIpc) is 2.84. The second-order valence-corrected chi connectivity index (χ2v) is 5.60. The molecule has 1 aliphatic rings. The van der Waals surface area contributed by atoms with Crippen LogP contribution in [-0.4, -0.2) is 29.5 Å². The summed E-state index contributed by atoms with van der Waals surface area (Å²) in [6.07, 6.45) is 1.72. The molecule has 4 nitrogen and oxygen atoms in total. The van der Waals surface area contributed by atoms with Crippen molar-refractivity contribution in [2.75, 3.05) is 6.54 Å². The number of rotatable bonds is 5. The van der Waals surface area contributed by atoms with E-state index in [9.17, 15) is 14.4 Å². The van der Waals surface area contributed by atoms with Crippen molar-refractivity contribution in [3.05, 3.63) is 70.8 Å². The average molecular weight is 307 g/mol. The maximum atomic E-state index is 12.4. The van der Waals surface area contributed by atoms with Crippen LogP contribution in [0.2, 0.25) is 0 Å². The number of aryl methyl sites for hydroxylation is 1. The summed E-state index contributed by atoms with van der Waals surface area (Å²) in [6, 6.07) is 14.4. The van der Waals surface area contributed by atoms with E-state index in [0.717, 1.165) is 23.2 Å². The molecule has 1 heterocycles.